The van der Waals surface area contributed by atoms with E-state index in [1.54, 1.807) is 7.11 Å². The highest BCUT2D eigenvalue weighted by Crippen LogP contribution is 2.53. The first-order valence-electron chi connectivity index (χ1n) is 6.33. The molecule has 1 saturated carbocycles. The number of ether oxygens (including phenoxy) is 1. The monoisotopic (exact) mass is 246 g/mol. The standard InChI is InChI=1S/C14H18N2O2/c1-18-11-4-2-10(3-5-11)8-16-9-12(15)14(6-7-14)13(16)17/h2-5,12H,6-9,15H2,1H3. The lowest BCUT2D eigenvalue weighted by atomic mass is 10.0. The van der Waals surface area contributed by atoms with Gasteiger partial charge in [0.2, 0.25) is 5.91 Å². The molecule has 0 aromatic heterocycles. The van der Waals surface area contributed by atoms with Crippen LogP contribution in [-0.2, 0) is 11.3 Å². The van der Waals surface area contributed by atoms with Crippen molar-refractivity contribution in [2.45, 2.75) is 25.4 Å². The van der Waals surface area contributed by atoms with Crippen molar-refractivity contribution in [2.75, 3.05) is 13.7 Å². The lowest BCUT2D eigenvalue weighted by Gasteiger charge is -2.16. The number of carbonyl (C=O) groups excluding carboxylic acids is 1. The Morgan fingerprint density at radius 2 is 2.06 bits per heavy atom. The van der Waals surface area contributed by atoms with Crippen molar-refractivity contribution < 1.29 is 9.53 Å². The first-order valence-corrected chi connectivity index (χ1v) is 6.33. The summed E-state index contributed by atoms with van der Waals surface area (Å²) >= 11 is 0. The van der Waals surface area contributed by atoms with E-state index in [2.05, 4.69) is 0 Å². The van der Waals surface area contributed by atoms with Crippen LogP contribution in [0.3, 0.4) is 0 Å². The number of nitrogens with zero attached hydrogens (tertiary/aromatic N) is 1. The topological polar surface area (TPSA) is 55.6 Å². The van der Waals surface area contributed by atoms with Crippen molar-refractivity contribution in [3.05, 3.63) is 29.8 Å². The molecule has 0 bridgehead atoms. The molecule has 2 fully saturated rings. The highest BCUT2D eigenvalue weighted by Gasteiger charge is 2.60. The van der Waals surface area contributed by atoms with Crippen molar-refractivity contribution in [1.29, 1.82) is 0 Å². The first kappa shape index (κ1) is 11.5. The normalized spacial score (nSPS) is 24.7. The number of hydrogen-bond acceptors (Lipinski definition) is 3. The van der Waals surface area contributed by atoms with E-state index in [4.69, 9.17) is 10.5 Å². The number of rotatable bonds is 3. The van der Waals surface area contributed by atoms with Crippen LogP contribution >= 0.6 is 0 Å². The van der Waals surface area contributed by atoms with Gasteiger partial charge in [0.25, 0.3) is 0 Å². The molecule has 1 amide bonds. The maximum atomic E-state index is 12.2. The predicted octanol–water partition coefficient (Wildman–Crippen LogP) is 1.14. The fourth-order valence-corrected chi connectivity index (χ4v) is 2.78. The van der Waals surface area contributed by atoms with Crippen LogP contribution in [-0.4, -0.2) is 30.5 Å². The molecule has 96 valence electrons. The number of likely N-dealkylation sites (tertiary alicyclic amines) is 1. The second kappa shape index (κ2) is 3.99. The van der Waals surface area contributed by atoms with E-state index in [9.17, 15) is 4.79 Å². The maximum Gasteiger partial charge on any atom is 0.230 e. The lowest BCUT2D eigenvalue weighted by Crippen LogP contribution is -2.31. The molecule has 1 unspecified atom stereocenters. The Balaban J connectivity index is 1.71. The summed E-state index contributed by atoms with van der Waals surface area (Å²) in [5, 5.41) is 0. The summed E-state index contributed by atoms with van der Waals surface area (Å²) in [6.07, 6.45) is 1.93. The van der Waals surface area contributed by atoms with Gasteiger partial charge in [-0.3, -0.25) is 4.79 Å². The van der Waals surface area contributed by atoms with Crippen molar-refractivity contribution in [3.63, 3.8) is 0 Å². The fourth-order valence-electron chi connectivity index (χ4n) is 2.78. The Morgan fingerprint density at radius 1 is 1.39 bits per heavy atom. The molecule has 3 rings (SSSR count). The van der Waals surface area contributed by atoms with E-state index < -0.39 is 0 Å². The molecule has 1 spiro atoms. The van der Waals surface area contributed by atoms with Gasteiger partial charge in [-0.2, -0.15) is 0 Å². The molecule has 0 radical (unpaired) electrons. The number of carbonyl (C=O) groups is 1. The van der Waals surface area contributed by atoms with Crippen LogP contribution in [0.5, 0.6) is 5.75 Å². The average Bonchev–Trinajstić information content (AvgIpc) is 3.15. The third-order valence-electron chi connectivity index (χ3n) is 4.16. The van der Waals surface area contributed by atoms with Gasteiger partial charge in [0, 0.05) is 19.1 Å². The van der Waals surface area contributed by atoms with Crippen molar-refractivity contribution in [1.82, 2.24) is 4.90 Å². The van der Waals surface area contributed by atoms with Gasteiger partial charge in [-0.25, -0.2) is 0 Å². The van der Waals surface area contributed by atoms with Gasteiger partial charge in [-0.15, -0.1) is 0 Å². The molecule has 4 heteroatoms. The molecule has 1 saturated heterocycles. The minimum Gasteiger partial charge on any atom is -0.497 e. The molecule has 1 aliphatic carbocycles. The van der Waals surface area contributed by atoms with Gasteiger partial charge in [-0.05, 0) is 30.5 Å². The second-order valence-corrected chi connectivity index (χ2v) is 5.30. The van der Waals surface area contributed by atoms with E-state index in [-0.39, 0.29) is 17.4 Å². The van der Waals surface area contributed by atoms with Gasteiger partial charge < -0.3 is 15.4 Å². The number of hydrogen-bond donors (Lipinski definition) is 1. The Hall–Kier alpha value is -1.55. The smallest absolute Gasteiger partial charge is 0.230 e. The number of amides is 1. The Kier molecular flexibility index (Phi) is 2.55. The van der Waals surface area contributed by atoms with Gasteiger partial charge in [-0.1, -0.05) is 12.1 Å². The average molecular weight is 246 g/mol. The number of methoxy groups -OCH3 is 1. The molecular formula is C14H18N2O2. The maximum absolute atomic E-state index is 12.2. The van der Waals surface area contributed by atoms with Gasteiger partial charge in [0.1, 0.15) is 5.75 Å². The number of benzene rings is 1. The van der Waals surface area contributed by atoms with Crippen LogP contribution in [0.4, 0.5) is 0 Å². The zero-order chi connectivity index (χ0) is 12.8. The van der Waals surface area contributed by atoms with Crippen LogP contribution in [0, 0.1) is 5.41 Å². The molecule has 2 N–H and O–H groups in total. The van der Waals surface area contributed by atoms with Crippen LogP contribution in [0.1, 0.15) is 18.4 Å². The molecule has 1 aromatic carbocycles. The molecule has 2 aliphatic rings. The summed E-state index contributed by atoms with van der Waals surface area (Å²) in [7, 11) is 1.65. The molecule has 1 aliphatic heterocycles. The molecular weight excluding hydrogens is 228 g/mol. The molecule has 4 nitrogen and oxygen atoms in total. The van der Waals surface area contributed by atoms with E-state index in [1.165, 1.54) is 0 Å². The molecule has 18 heavy (non-hydrogen) atoms. The fraction of sp³-hybridized carbons (Fsp3) is 0.500. The number of nitrogens with two attached hydrogens (primary N) is 1. The quantitative estimate of drug-likeness (QED) is 0.870. The molecule has 1 heterocycles. The lowest BCUT2D eigenvalue weighted by molar-refractivity contribution is -0.132. The highest BCUT2D eigenvalue weighted by atomic mass is 16.5. The van der Waals surface area contributed by atoms with Crippen LogP contribution in [0.2, 0.25) is 0 Å². The minimum atomic E-state index is -0.202. The Bertz CT molecular complexity index is 465. The van der Waals surface area contributed by atoms with Gasteiger partial charge in [0.05, 0.1) is 12.5 Å². The van der Waals surface area contributed by atoms with E-state index in [0.717, 1.165) is 24.2 Å². The van der Waals surface area contributed by atoms with Crippen molar-refractivity contribution >= 4 is 5.91 Å². The summed E-state index contributed by atoms with van der Waals surface area (Å²) in [4.78, 5) is 14.1. The van der Waals surface area contributed by atoms with Crippen LogP contribution in [0.15, 0.2) is 24.3 Å². The van der Waals surface area contributed by atoms with E-state index in [0.29, 0.717) is 13.1 Å². The van der Waals surface area contributed by atoms with Crippen molar-refractivity contribution in [3.8, 4) is 5.75 Å². The highest BCUT2D eigenvalue weighted by molar-refractivity contribution is 5.88. The minimum absolute atomic E-state index is 0.0169. The zero-order valence-electron chi connectivity index (χ0n) is 10.6. The SMILES string of the molecule is COc1ccc(CN2CC(N)C3(CC3)C2=O)cc1. The Labute approximate surface area is 107 Å². The van der Waals surface area contributed by atoms with Gasteiger partial charge >= 0.3 is 0 Å². The van der Waals surface area contributed by atoms with Gasteiger partial charge in [0.15, 0.2) is 0 Å². The first-order chi connectivity index (χ1) is 8.65. The van der Waals surface area contributed by atoms with Crippen LogP contribution < -0.4 is 10.5 Å². The molecule has 1 aromatic rings. The second-order valence-electron chi connectivity index (χ2n) is 5.30. The summed E-state index contributed by atoms with van der Waals surface area (Å²) < 4.78 is 5.12. The third kappa shape index (κ3) is 1.68. The molecule has 1 atom stereocenters. The third-order valence-corrected chi connectivity index (χ3v) is 4.16. The van der Waals surface area contributed by atoms with Crippen molar-refractivity contribution in [2.24, 2.45) is 11.1 Å². The van der Waals surface area contributed by atoms with Crippen LogP contribution in [0.25, 0.3) is 0 Å². The summed E-state index contributed by atoms with van der Waals surface area (Å²) in [6.45, 7) is 1.34. The summed E-state index contributed by atoms with van der Waals surface area (Å²) in [5.74, 6) is 1.08. The predicted molar refractivity (Wildman–Crippen MR) is 68.1 cm³/mol. The van der Waals surface area contributed by atoms with E-state index >= 15 is 0 Å². The zero-order valence-corrected chi connectivity index (χ0v) is 10.6. The Morgan fingerprint density at radius 3 is 2.56 bits per heavy atom. The summed E-state index contributed by atoms with van der Waals surface area (Å²) in [6, 6.07) is 7.85. The largest absolute Gasteiger partial charge is 0.497 e. The van der Waals surface area contributed by atoms with E-state index in [1.807, 2.05) is 29.2 Å². The summed E-state index contributed by atoms with van der Waals surface area (Å²) in [5.41, 5.74) is 6.99.